The summed E-state index contributed by atoms with van der Waals surface area (Å²) in [5.74, 6) is 6.69. The van der Waals surface area contributed by atoms with Crippen LogP contribution in [0.15, 0.2) is 30.3 Å². The van der Waals surface area contributed by atoms with E-state index in [1.54, 1.807) is 6.92 Å². The number of pyridine rings is 1. The van der Waals surface area contributed by atoms with Crippen molar-refractivity contribution in [2.24, 2.45) is 46.3 Å². The summed E-state index contributed by atoms with van der Waals surface area (Å²) in [6.07, 6.45) is 4.84. The second-order valence-electron chi connectivity index (χ2n) is 16.9. The van der Waals surface area contributed by atoms with Crippen LogP contribution in [-0.4, -0.2) is 55.0 Å². The van der Waals surface area contributed by atoms with Gasteiger partial charge in [0, 0.05) is 29.9 Å². The molecule has 8 heteroatoms. The largest absolute Gasteiger partial charge is 0.481 e. The first-order valence-electron chi connectivity index (χ1n) is 18.7. The molecule has 0 saturated heterocycles. The van der Waals surface area contributed by atoms with Gasteiger partial charge < -0.3 is 25.7 Å². The molecule has 5 N–H and O–H groups in total. The molecule has 6 rings (SSSR count). The first kappa shape index (κ1) is 36.5. The number of nitrogens with one attached hydrogen (secondary N) is 1. The number of aliphatic carboxylic acids is 1. The van der Waals surface area contributed by atoms with Gasteiger partial charge in [0.05, 0.1) is 23.5 Å². The summed E-state index contributed by atoms with van der Waals surface area (Å²) in [6.45, 7) is 12.5. The molecule has 8 nitrogen and oxygen atoms in total. The second-order valence-corrected chi connectivity index (χ2v) is 16.9. The number of anilines is 1. The molecule has 0 spiro atoms. The Hall–Kier alpha value is -3.25. The van der Waals surface area contributed by atoms with Gasteiger partial charge in [0.15, 0.2) is 5.78 Å². The first-order valence-corrected chi connectivity index (χ1v) is 18.7. The van der Waals surface area contributed by atoms with Crippen molar-refractivity contribution in [2.45, 2.75) is 124 Å². The number of aliphatic hydroxyl groups is 3. The van der Waals surface area contributed by atoms with Crippen LogP contribution in [0.3, 0.4) is 0 Å². The van der Waals surface area contributed by atoms with E-state index in [0.29, 0.717) is 44.2 Å². The van der Waals surface area contributed by atoms with E-state index in [9.17, 15) is 30.0 Å². The van der Waals surface area contributed by atoms with E-state index in [2.05, 4.69) is 42.9 Å². The molecule has 2 aromatic rings. The fourth-order valence-electron chi connectivity index (χ4n) is 11.3. The highest BCUT2D eigenvalue weighted by molar-refractivity contribution is 6.00. The number of carbonyl (C=O) groups is 2. The fourth-order valence-corrected chi connectivity index (χ4v) is 11.3. The van der Waals surface area contributed by atoms with Crippen molar-refractivity contribution in [2.75, 3.05) is 5.32 Å². The second kappa shape index (κ2) is 13.7. The van der Waals surface area contributed by atoms with Crippen LogP contribution >= 0.6 is 0 Å². The highest BCUT2D eigenvalue weighted by Gasteiger charge is 2.66. The van der Waals surface area contributed by atoms with Crippen molar-refractivity contribution < 1.29 is 30.0 Å². The Morgan fingerprint density at radius 2 is 1.78 bits per heavy atom. The smallest absolute Gasteiger partial charge is 0.303 e. The topological polar surface area (TPSA) is 140 Å². The predicted octanol–water partition coefficient (Wildman–Crippen LogP) is 6.70. The number of carbonyl (C=O) groups excluding carboxylic acids is 1. The Labute approximate surface area is 297 Å². The molecule has 0 bridgehead atoms. The van der Waals surface area contributed by atoms with E-state index in [1.165, 1.54) is 0 Å². The van der Waals surface area contributed by atoms with E-state index in [4.69, 9.17) is 0 Å². The zero-order valence-corrected chi connectivity index (χ0v) is 30.6. The van der Waals surface area contributed by atoms with Gasteiger partial charge in [-0.2, -0.15) is 0 Å². The number of fused-ring (bicyclic) bond motifs is 5. The minimum absolute atomic E-state index is 0.0192. The molecule has 0 amide bonds. The van der Waals surface area contributed by atoms with Crippen LogP contribution in [0.1, 0.15) is 118 Å². The van der Waals surface area contributed by atoms with Crippen LogP contribution in [0.25, 0.3) is 0 Å². The summed E-state index contributed by atoms with van der Waals surface area (Å²) in [5, 5.41) is 48.1. The van der Waals surface area contributed by atoms with Gasteiger partial charge in [-0.15, -0.1) is 0 Å². The number of Topliss-reactive ketones (excluding diaryl/α,β-unsaturated/α-hetero) is 1. The maximum Gasteiger partial charge on any atom is 0.303 e. The zero-order valence-electron chi connectivity index (χ0n) is 30.6. The highest BCUT2D eigenvalue weighted by Crippen LogP contribution is 2.69. The monoisotopic (exact) mass is 684 g/mol. The molecule has 50 heavy (non-hydrogen) atoms. The molecule has 11 atom stereocenters. The van der Waals surface area contributed by atoms with Gasteiger partial charge in [-0.3, -0.25) is 14.6 Å². The number of benzene rings is 1. The number of nitrogens with zero attached hydrogens (tertiary/aromatic N) is 1. The van der Waals surface area contributed by atoms with Gasteiger partial charge in [-0.25, -0.2) is 0 Å². The first-order chi connectivity index (χ1) is 23.6. The van der Waals surface area contributed by atoms with Crippen LogP contribution in [0.2, 0.25) is 0 Å². The molecule has 270 valence electrons. The minimum atomic E-state index is -1.14. The number of carboxylic acids is 1. The summed E-state index contributed by atoms with van der Waals surface area (Å²) in [6, 6.07) is 9.83. The highest BCUT2D eigenvalue weighted by atomic mass is 16.4. The lowest BCUT2D eigenvalue weighted by Crippen LogP contribution is -2.63. The third-order valence-corrected chi connectivity index (χ3v) is 14.0. The van der Waals surface area contributed by atoms with E-state index < -0.39 is 23.8 Å². The molecule has 0 radical (unpaired) electrons. The molecule has 1 aromatic heterocycles. The number of ketones is 1. The quantitative estimate of drug-likeness (QED) is 0.153. The Kier molecular flexibility index (Phi) is 10.0. The molecule has 1 heterocycles. The molecule has 1 aromatic carbocycles. The van der Waals surface area contributed by atoms with Gasteiger partial charge >= 0.3 is 5.97 Å². The fraction of sp³-hybridized carbons (Fsp3) is 0.643. The average Bonchev–Trinajstić information content (AvgIpc) is 3.41. The lowest BCUT2D eigenvalue weighted by Gasteiger charge is -2.64. The lowest BCUT2D eigenvalue weighted by molar-refractivity contribution is -0.211. The van der Waals surface area contributed by atoms with E-state index >= 15 is 0 Å². The van der Waals surface area contributed by atoms with Crippen molar-refractivity contribution >= 4 is 17.4 Å². The zero-order chi connectivity index (χ0) is 36.2. The van der Waals surface area contributed by atoms with Gasteiger partial charge in [-0.05, 0) is 142 Å². The summed E-state index contributed by atoms with van der Waals surface area (Å²) >= 11 is 0. The lowest BCUT2D eigenvalue weighted by atomic mass is 9.42. The molecule has 4 saturated carbocycles. The van der Waals surface area contributed by atoms with Crippen LogP contribution in [0.4, 0.5) is 5.69 Å². The summed E-state index contributed by atoms with van der Waals surface area (Å²) in [7, 11) is 0. The number of aliphatic hydroxyl groups excluding tert-OH is 2. The Morgan fingerprint density at radius 1 is 1.06 bits per heavy atom. The molecule has 4 aliphatic rings. The Balaban J connectivity index is 1.12. The van der Waals surface area contributed by atoms with Gasteiger partial charge in [0.1, 0.15) is 5.60 Å². The van der Waals surface area contributed by atoms with Crippen LogP contribution in [0, 0.1) is 72.0 Å². The normalized spacial score (nSPS) is 36.6. The number of carboxylic acid groups (broad SMARTS) is 1. The van der Waals surface area contributed by atoms with Gasteiger partial charge in [-0.1, -0.05) is 44.7 Å². The number of aryl methyl sites for hydroxylation is 2. The van der Waals surface area contributed by atoms with Crippen molar-refractivity contribution in [1.29, 1.82) is 0 Å². The summed E-state index contributed by atoms with van der Waals surface area (Å²) < 4.78 is 0. The maximum atomic E-state index is 12.2. The molecular formula is C42H56N2O6. The minimum Gasteiger partial charge on any atom is -0.481 e. The molecule has 0 aliphatic heterocycles. The van der Waals surface area contributed by atoms with E-state index in [0.717, 1.165) is 47.5 Å². The third kappa shape index (κ3) is 6.62. The van der Waals surface area contributed by atoms with Gasteiger partial charge in [0.2, 0.25) is 0 Å². The number of hydrogen-bond donors (Lipinski definition) is 5. The SMILES string of the molecule is CC(=O)c1c(NCc2ccc(C#C[C@@]3(O)CC[C@@]4(C)C(CC(O)C5C4CC(O)[C@@]4(C)C5CC[C@@H]4[C@H](C)CCC(=O)O)C3)cc2)cc(C)nc1C. The van der Waals surface area contributed by atoms with E-state index in [1.807, 2.05) is 44.2 Å². The summed E-state index contributed by atoms with van der Waals surface area (Å²) in [5.41, 5.74) is 3.26. The predicted molar refractivity (Wildman–Crippen MR) is 193 cm³/mol. The average molecular weight is 685 g/mol. The maximum absolute atomic E-state index is 12.2. The third-order valence-electron chi connectivity index (χ3n) is 14.0. The molecular weight excluding hydrogens is 628 g/mol. The van der Waals surface area contributed by atoms with Crippen LogP contribution in [0.5, 0.6) is 0 Å². The van der Waals surface area contributed by atoms with Crippen LogP contribution in [-0.2, 0) is 11.3 Å². The Bertz CT molecular complexity index is 1680. The van der Waals surface area contributed by atoms with E-state index in [-0.39, 0.29) is 58.5 Å². The molecule has 4 fully saturated rings. The van der Waals surface area contributed by atoms with Crippen molar-refractivity contribution in [3.63, 3.8) is 0 Å². The number of hydrogen-bond acceptors (Lipinski definition) is 7. The molecule has 6 unspecified atom stereocenters. The van der Waals surface area contributed by atoms with Crippen molar-refractivity contribution in [3.8, 4) is 11.8 Å². The van der Waals surface area contributed by atoms with Crippen molar-refractivity contribution in [3.05, 3.63) is 58.4 Å². The standard InChI is InChI=1S/C42H56N2O6/c1-24(7-14-37(48)49)31-12-13-32-39-33(21-36(47)41(31,32)6)40(5)17-18-42(50,22-30(40)20-35(39)46)16-15-28-8-10-29(11-9-28)23-43-34-19-25(2)44-26(3)38(34)27(4)45/h8-11,19,24,30-33,35-36,39,46-47,50H,7,12-14,17-18,20-23H2,1-6H3,(H,43,44)(H,48,49)/t24-,30?,31-,32?,33?,35?,36?,39?,40+,41-,42-/m1/s1. The number of rotatable bonds is 8. The van der Waals surface area contributed by atoms with Crippen molar-refractivity contribution in [1.82, 2.24) is 4.98 Å². The molecule has 4 aliphatic carbocycles. The summed E-state index contributed by atoms with van der Waals surface area (Å²) in [4.78, 5) is 28.0. The van der Waals surface area contributed by atoms with Gasteiger partial charge in [0.25, 0.3) is 0 Å². The Morgan fingerprint density at radius 3 is 2.46 bits per heavy atom. The van der Waals surface area contributed by atoms with Crippen LogP contribution < -0.4 is 5.32 Å². The number of aromatic nitrogens is 1.